The first kappa shape index (κ1) is 12.8. The van der Waals surface area contributed by atoms with E-state index in [1.54, 1.807) is 0 Å². The quantitative estimate of drug-likeness (QED) is 0.729. The Morgan fingerprint density at radius 3 is 2.63 bits per heavy atom. The van der Waals surface area contributed by atoms with E-state index < -0.39 is 11.6 Å². The summed E-state index contributed by atoms with van der Waals surface area (Å²) in [6, 6.07) is 2.41. The number of fused-ring (bicyclic) bond motifs is 3. The molecule has 2 aromatic rings. The van der Waals surface area contributed by atoms with Gasteiger partial charge in [-0.05, 0) is 42.3 Å². The molecule has 1 aliphatic carbocycles. The van der Waals surface area contributed by atoms with Gasteiger partial charge in [0, 0.05) is 5.39 Å². The van der Waals surface area contributed by atoms with Crippen LogP contribution in [0, 0.1) is 11.6 Å². The van der Waals surface area contributed by atoms with Crippen molar-refractivity contribution in [3.8, 4) is 5.88 Å². The van der Waals surface area contributed by atoms with Crippen LogP contribution in [0.2, 0.25) is 0 Å². The molecule has 1 aliphatic rings. The number of aromatic nitrogens is 1. The maximum Gasteiger partial charge on any atom is 0.221 e. The molecule has 1 aromatic carbocycles. The van der Waals surface area contributed by atoms with Crippen LogP contribution in [0.3, 0.4) is 0 Å². The fourth-order valence-corrected chi connectivity index (χ4v) is 3.32. The maximum absolute atomic E-state index is 13.5. The zero-order valence-corrected chi connectivity index (χ0v) is 11.9. The lowest BCUT2D eigenvalue weighted by Crippen LogP contribution is -2.10. The minimum atomic E-state index is -0.876. The Morgan fingerprint density at radius 1 is 1.26 bits per heavy atom. The molecule has 1 unspecified atom stereocenters. The van der Waals surface area contributed by atoms with E-state index >= 15 is 0 Å². The van der Waals surface area contributed by atoms with E-state index in [4.69, 9.17) is 4.74 Å². The summed E-state index contributed by atoms with van der Waals surface area (Å²) in [6.45, 7) is 0. The van der Waals surface area contributed by atoms with Gasteiger partial charge in [-0.3, -0.25) is 0 Å². The molecule has 1 atom stereocenters. The number of halogens is 3. The summed E-state index contributed by atoms with van der Waals surface area (Å²) >= 11 is 3.58. The van der Waals surface area contributed by atoms with Crippen LogP contribution in [0.4, 0.5) is 8.78 Å². The molecule has 0 N–H and O–H groups in total. The largest absolute Gasteiger partial charge is 0.481 e. The number of hydrogen-bond donors (Lipinski definition) is 0. The first-order valence-corrected chi connectivity index (χ1v) is 7.03. The molecule has 2 nitrogen and oxygen atoms in total. The van der Waals surface area contributed by atoms with Crippen molar-refractivity contribution in [3.63, 3.8) is 0 Å². The number of rotatable bonds is 1. The lowest BCUT2D eigenvalue weighted by molar-refractivity contribution is 0.400. The van der Waals surface area contributed by atoms with Crippen LogP contribution in [0.5, 0.6) is 5.88 Å². The van der Waals surface area contributed by atoms with E-state index in [0.717, 1.165) is 36.6 Å². The van der Waals surface area contributed by atoms with E-state index in [1.807, 2.05) is 0 Å². The summed E-state index contributed by atoms with van der Waals surface area (Å²) in [5.41, 5.74) is 1.87. The van der Waals surface area contributed by atoms with Gasteiger partial charge in [0.15, 0.2) is 11.6 Å². The fourth-order valence-electron chi connectivity index (χ4n) is 2.62. The number of aryl methyl sites for hydroxylation is 1. The van der Waals surface area contributed by atoms with Gasteiger partial charge in [-0.1, -0.05) is 15.9 Å². The Kier molecular flexibility index (Phi) is 3.17. The van der Waals surface area contributed by atoms with Crippen molar-refractivity contribution < 1.29 is 13.5 Å². The molecule has 1 heterocycles. The van der Waals surface area contributed by atoms with Crippen molar-refractivity contribution in [2.45, 2.75) is 24.1 Å². The highest BCUT2D eigenvalue weighted by Gasteiger charge is 2.24. The average Bonchev–Trinajstić information content (AvgIpc) is 2.40. The van der Waals surface area contributed by atoms with Crippen LogP contribution in [-0.2, 0) is 6.42 Å². The zero-order chi connectivity index (χ0) is 13.6. The first-order valence-electron chi connectivity index (χ1n) is 6.11. The topological polar surface area (TPSA) is 22.1 Å². The second kappa shape index (κ2) is 4.71. The van der Waals surface area contributed by atoms with Gasteiger partial charge < -0.3 is 4.74 Å². The smallest absolute Gasteiger partial charge is 0.221 e. The molecular formula is C14H12BrF2NO. The number of alkyl halides is 1. The molecule has 100 valence electrons. The Morgan fingerprint density at radius 2 is 1.95 bits per heavy atom. The van der Waals surface area contributed by atoms with Gasteiger partial charge in [-0.2, -0.15) is 0 Å². The zero-order valence-electron chi connectivity index (χ0n) is 10.3. The molecule has 0 amide bonds. The summed E-state index contributed by atoms with van der Waals surface area (Å²) < 4.78 is 32.1. The summed E-state index contributed by atoms with van der Waals surface area (Å²) in [5.74, 6) is -1.36. The lowest BCUT2D eigenvalue weighted by Gasteiger charge is -2.22. The fraction of sp³-hybridized carbons (Fsp3) is 0.357. The van der Waals surface area contributed by atoms with Gasteiger partial charge in [0.25, 0.3) is 0 Å². The normalized spacial score (nSPS) is 18.4. The molecule has 0 spiro atoms. The van der Waals surface area contributed by atoms with Crippen LogP contribution in [-0.4, -0.2) is 12.1 Å². The summed E-state index contributed by atoms with van der Waals surface area (Å²) in [4.78, 5) is 4.59. The van der Waals surface area contributed by atoms with E-state index in [1.165, 1.54) is 13.2 Å². The molecule has 0 aliphatic heterocycles. The van der Waals surface area contributed by atoms with Crippen LogP contribution < -0.4 is 4.74 Å². The van der Waals surface area contributed by atoms with Crippen LogP contribution >= 0.6 is 15.9 Å². The van der Waals surface area contributed by atoms with Crippen molar-refractivity contribution in [2.75, 3.05) is 7.11 Å². The molecule has 5 heteroatoms. The third kappa shape index (κ3) is 2.00. The van der Waals surface area contributed by atoms with Gasteiger partial charge in [-0.15, -0.1) is 0 Å². The molecule has 0 saturated carbocycles. The van der Waals surface area contributed by atoms with E-state index in [0.29, 0.717) is 16.7 Å². The van der Waals surface area contributed by atoms with E-state index in [2.05, 4.69) is 20.9 Å². The third-order valence-corrected chi connectivity index (χ3v) is 4.41. The number of ether oxygens (including phenoxy) is 1. The Bertz CT molecular complexity index is 660. The van der Waals surface area contributed by atoms with Crippen LogP contribution in [0.15, 0.2) is 12.1 Å². The average molecular weight is 328 g/mol. The Hall–Kier alpha value is -1.23. The van der Waals surface area contributed by atoms with Gasteiger partial charge in [0.2, 0.25) is 5.88 Å². The standard InChI is InChI=1S/C14H12BrF2NO/c1-19-14-9-6-12(17)11(16)5-8(9)7-3-2-4-10(15)13(7)18-14/h5-6,10H,2-4H2,1H3. The predicted molar refractivity (Wildman–Crippen MR) is 72.8 cm³/mol. The van der Waals surface area contributed by atoms with Gasteiger partial charge in [0.1, 0.15) is 0 Å². The van der Waals surface area contributed by atoms with Crippen molar-refractivity contribution in [3.05, 3.63) is 35.0 Å². The highest BCUT2D eigenvalue weighted by molar-refractivity contribution is 9.09. The molecule has 3 rings (SSSR count). The van der Waals surface area contributed by atoms with Crippen molar-refractivity contribution >= 4 is 26.7 Å². The summed E-state index contributed by atoms with van der Waals surface area (Å²) in [7, 11) is 1.49. The maximum atomic E-state index is 13.5. The first-order chi connectivity index (χ1) is 9.11. The van der Waals surface area contributed by atoms with E-state index in [-0.39, 0.29) is 4.83 Å². The second-order valence-corrected chi connectivity index (χ2v) is 5.76. The molecule has 0 saturated heterocycles. The van der Waals surface area contributed by atoms with Crippen LogP contribution in [0.1, 0.15) is 28.9 Å². The molecular weight excluding hydrogens is 316 g/mol. The third-order valence-electron chi connectivity index (χ3n) is 3.52. The highest BCUT2D eigenvalue weighted by Crippen LogP contribution is 2.41. The summed E-state index contributed by atoms with van der Waals surface area (Å²) in [6.07, 6.45) is 2.82. The number of pyridine rings is 1. The number of benzene rings is 1. The lowest BCUT2D eigenvalue weighted by atomic mass is 9.91. The van der Waals surface area contributed by atoms with Crippen molar-refractivity contribution in [2.24, 2.45) is 0 Å². The van der Waals surface area contributed by atoms with Crippen LogP contribution in [0.25, 0.3) is 10.8 Å². The van der Waals surface area contributed by atoms with E-state index in [9.17, 15) is 8.78 Å². The number of nitrogens with zero attached hydrogens (tertiary/aromatic N) is 1. The molecule has 19 heavy (non-hydrogen) atoms. The minimum absolute atomic E-state index is 0.141. The molecule has 1 aromatic heterocycles. The summed E-state index contributed by atoms with van der Waals surface area (Å²) in [5, 5.41) is 1.23. The van der Waals surface area contributed by atoms with Gasteiger partial charge >= 0.3 is 0 Å². The minimum Gasteiger partial charge on any atom is -0.481 e. The van der Waals surface area contributed by atoms with Gasteiger partial charge in [-0.25, -0.2) is 13.8 Å². The molecule has 0 bridgehead atoms. The SMILES string of the molecule is COc1nc2c(c3cc(F)c(F)cc13)CCCC2Br. The number of methoxy groups -OCH3 is 1. The molecule has 0 radical (unpaired) electrons. The number of hydrogen-bond acceptors (Lipinski definition) is 2. The second-order valence-electron chi connectivity index (χ2n) is 4.66. The monoisotopic (exact) mass is 327 g/mol. The highest BCUT2D eigenvalue weighted by atomic mass is 79.9. The van der Waals surface area contributed by atoms with Crippen molar-refractivity contribution in [1.82, 2.24) is 4.98 Å². The Labute approximate surface area is 117 Å². The van der Waals surface area contributed by atoms with Crippen molar-refractivity contribution in [1.29, 1.82) is 0 Å². The Balaban J connectivity index is 2.40. The van der Waals surface area contributed by atoms with Gasteiger partial charge in [0.05, 0.1) is 17.6 Å². The molecule has 0 fully saturated rings. The predicted octanol–water partition coefficient (Wildman–Crippen LogP) is 4.29.